The third kappa shape index (κ3) is 1.87. The van der Waals surface area contributed by atoms with E-state index in [9.17, 15) is 0 Å². The fourth-order valence-electron chi connectivity index (χ4n) is 1.94. The largest absolute Gasteiger partial charge is 0.495 e. The molecule has 0 radical (unpaired) electrons. The highest BCUT2D eigenvalue weighted by atomic mass is 16.5. The Morgan fingerprint density at radius 2 is 2.20 bits per heavy atom. The van der Waals surface area contributed by atoms with Gasteiger partial charge in [0.2, 0.25) is 0 Å². The van der Waals surface area contributed by atoms with Crippen molar-refractivity contribution in [3.63, 3.8) is 0 Å². The number of anilines is 2. The minimum absolute atomic E-state index is 0.703. The number of hydrogen-bond acceptors (Lipinski definition) is 3. The maximum atomic E-state index is 5.77. The molecule has 0 aromatic heterocycles. The average Bonchev–Trinajstić information content (AvgIpc) is 2.19. The van der Waals surface area contributed by atoms with E-state index in [0.29, 0.717) is 5.69 Å². The molecule has 1 aliphatic heterocycles. The second kappa shape index (κ2) is 4.01. The van der Waals surface area contributed by atoms with Crippen LogP contribution in [0.2, 0.25) is 0 Å². The van der Waals surface area contributed by atoms with Crippen LogP contribution in [-0.2, 0) is 0 Å². The van der Waals surface area contributed by atoms with Crippen molar-refractivity contribution in [1.82, 2.24) is 0 Å². The Balaban J connectivity index is 2.10. The summed E-state index contributed by atoms with van der Waals surface area (Å²) in [5, 5.41) is 0. The van der Waals surface area contributed by atoms with Gasteiger partial charge in [0, 0.05) is 24.8 Å². The lowest BCUT2D eigenvalue weighted by molar-refractivity contribution is 0.395. The zero-order chi connectivity index (χ0) is 10.8. The smallest absolute Gasteiger partial charge is 0.143 e. The number of nitrogens with zero attached hydrogens (tertiary/aromatic N) is 1. The normalized spacial score (nSPS) is 16.3. The van der Waals surface area contributed by atoms with Crippen molar-refractivity contribution in [1.29, 1.82) is 0 Å². The highest BCUT2D eigenvalue weighted by molar-refractivity contribution is 5.63. The molecule has 1 aliphatic rings. The molecule has 82 valence electrons. The highest BCUT2D eigenvalue weighted by Gasteiger charge is 2.25. The lowest BCUT2D eigenvalue weighted by Crippen LogP contribution is -2.46. The van der Waals surface area contributed by atoms with Gasteiger partial charge in [-0.15, -0.1) is 0 Å². The number of rotatable bonds is 3. The number of nitrogen functional groups attached to an aromatic ring is 1. The molecule has 3 nitrogen and oxygen atoms in total. The Morgan fingerprint density at radius 1 is 1.47 bits per heavy atom. The van der Waals surface area contributed by atoms with E-state index in [1.54, 1.807) is 7.11 Å². The van der Waals surface area contributed by atoms with Gasteiger partial charge in [0.05, 0.1) is 12.8 Å². The summed E-state index contributed by atoms with van der Waals surface area (Å²) in [4.78, 5) is 2.36. The van der Waals surface area contributed by atoms with Gasteiger partial charge in [-0.3, -0.25) is 0 Å². The van der Waals surface area contributed by atoms with Crippen LogP contribution in [0.5, 0.6) is 5.75 Å². The molecule has 2 N–H and O–H groups in total. The van der Waals surface area contributed by atoms with Crippen molar-refractivity contribution in [3.8, 4) is 5.75 Å². The van der Waals surface area contributed by atoms with Crippen molar-refractivity contribution in [3.05, 3.63) is 18.2 Å². The molecular formula is C12H18N2O. The fourth-order valence-corrected chi connectivity index (χ4v) is 1.94. The molecule has 1 heterocycles. The van der Waals surface area contributed by atoms with E-state index in [4.69, 9.17) is 10.5 Å². The van der Waals surface area contributed by atoms with Crippen LogP contribution in [0.1, 0.15) is 13.3 Å². The van der Waals surface area contributed by atoms with Gasteiger partial charge in [-0.25, -0.2) is 0 Å². The van der Waals surface area contributed by atoms with Gasteiger partial charge in [-0.2, -0.15) is 0 Å². The second-order valence-electron chi connectivity index (χ2n) is 4.11. The van der Waals surface area contributed by atoms with Crippen molar-refractivity contribution < 1.29 is 4.74 Å². The Bertz CT molecular complexity index is 345. The molecule has 0 spiro atoms. The van der Waals surface area contributed by atoms with Crippen LogP contribution in [0, 0.1) is 5.92 Å². The molecule has 0 saturated carbocycles. The first kappa shape index (κ1) is 10.1. The maximum absolute atomic E-state index is 5.77. The average molecular weight is 206 g/mol. The van der Waals surface area contributed by atoms with E-state index in [-0.39, 0.29) is 0 Å². The van der Waals surface area contributed by atoms with Crippen molar-refractivity contribution >= 4 is 11.4 Å². The van der Waals surface area contributed by atoms with E-state index < -0.39 is 0 Å². The number of ether oxygens (including phenoxy) is 1. The van der Waals surface area contributed by atoms with Crippen LogP contribution in [-0.4, -0.2) is 20.2 Å². The molecule has 2 rings (SSSR count). The van der Waals surface area contributed by atoms with Crippen molar-refractivity contribution in [2.45, 2.75) is 13.3 Å². The minimum Gasteiger partial charge on any atom is -0.495 e. The van der Waals surface area contributed by atoms with Gasteiger partial charge in [-0.1, -0.05) is 6.92 Å². The molecule has 15 heavy (non-hydrogen) atoms. The summed E-state index contributed by atoms with van der Waals surface area (Å²) < 4.78 is 5.21. The Kier molecular flexibility index (Phi) is 2.71. The first-order valence-corrected chi connectivity index (χ1v) is 5.43. The van der Waals surface area contributed by atoms with Crippen LogP contribution in [0.4, 0.5) is 11.4 Å². The van der Waals surface area contributed by atoms with Gasteiger partial charge in [-0.05, 0) is 24.5 Å². The fraction of sp³-hybridized carbons (Fsp3) is 0.500. The number of nitrogens with two attached hydrogens (primary N) is 1. The molecule has 1 saturated heterocycles. The molecule has 0 atom stereocenters. The van der Waals surface area contributed by atoms with E-state index >= 15 is 0 Å². The topological polar surface area (TPSA) is 38.5 Å². The molecule has 0 aliphatic carbocycles. The molecule has 0 amide bonds. The van der Waals surface area contributed by atoms with Gasteiger partial charge in [0.15, 0.2) is 0 Å². The first-order chi connectivity index (χ1) is 7.24. The van der Waals surface area contributed by atoms with Crippen LogP contribution in [0.3, 0.4) is 0 Å². The summed E-state index contributed by atoms with van der Waals surface area (Å²) in [6.07, 6.45) is 1.27. The molecule has 3 heteroatoms. The third-order valence-corrected chi connectivity index (χ3v) is 3.12. The summed E-state index contributed by atoms with van der Waals surface area (Å²) in [5.41, 5.74) is 7.69. The van der Waals surface area contributed by atoms with Crippen molar-refractivity contribution in [2.75, 3.05) is 30.8 Å². The van der Waals surface area contributed by atoms with Gasteiger partial charge in [0.1, 0.15) is 5.75 Å². The molecule has 0 bridgehead atoms. The zero-order valence-corrected chi connectivity index (χ0v) is 9.36. The molecule has 1 aromatic rings. The molecule has 1 aromatic carbocycles. The molecular weight excluding hydrogens is 188 g/mol. The molecule has 0 unspecified atom stereocenters. The predicted octanol–water partition coefficient (Wildman–Crippen LogP) is 2.12. The number of methoxy groups -OCH3 is 1. The van der Waals surface area contributed by atoms with Gasteiger partial charge < -0.3 is 15.4 Å². The van der Waals surface area contributed by atoms with E-state index in [2.05, 4.69) is 17.9 Å². The van der Waals surface area contributed by atoms with E-state index in [0.717, 1.165) is 24.8 Å². The van der Waals surface area contributed by atoms with Crippen LogP contribution >= 0.6 is 0 Å². The van der Waals surface area contributed by atoms with E-state index in [1.165, 1.54) is 12.1 Å². The summed E-state index contributed by atoms with van der Waals surface area (Å²) >= 11 is 0. The van der Waals surface area contributed by atoms with Crippen LogP contribution < -0.4 is 15.4 Å². The lowest BCUT2D eigenvalue weighted by atomic mass is 9.96. The Morgan fingerprint density at radius 3 is 2.80 bits per heavy atom. The molecule has 1 fully saturated rings. The zero-order valence-electron chi connectivity index (χ0n) is 9.36. The second-order valence-corrected chi connectivity index (χ2v) is 4.11. The minimum atomic E-state index is 0.703. The monoisotopic (exact) mass is 206 g/mol. The lowest BCUT2D eigenvalue weighted by Gasteiger charge is -2.40. The van der Waals surface area contributed by atoms with Gasteiger partial charge >= 0.3 is 0 Å². The predicted molar refractivity (Wildman–Crippen MR) is 63.4 cm³/mol. The maximum Gasteiger partial charge on any atom is 0.143 e. The highest BCUT2D eigenvalue weighted by Crippen LogP contribution is 2.31. The van der Waals surface area contributed by atoms with Gasteiger partial charge in [0.25, 0.3) is 0 Å². The summed E-state index contributed by atoms with van der Waals surface area (Å²) in [7, 11) is 1.65. The SMILES string of the molecule is CCC1CN(c2ccc(N)c(OC)c2)C1. The van der Waals surface area contributed by atoms with E-state index in [1.807, 2.05) is 12.1 Å². The summed E-state index contributed by atoms with van der Waals surface area (Å²) in [6.45, 7) is 4.55. The quantitative estimate of drug-likeness (QED) is 0.770. The number of benzene rings is 1. The summed E-state index contributed by atoms with van der Waals surface area (Å²) in [5.74, 6) is 1.63. The van der Waals surface area contributed by atoms with Crippen LogP contribution in [0.25, 0.3) is 0 Å². The van der Waals surface area contributed by atoms with Crippen molar-refractivity contribution in [2.24, 2.45) is 5.92 Å². The summed E-state index contributed by atoms with van der Waals surface area (Å²) in [6, 6.07) is 5.98. The number of hydrogen-bond donors (Lipinski definition) is 1. The first-order valence-electron chi connectivity index (χ1n) is 5.43. The Labute approximate surface area is 90.8 Å². The standard InChI is InChI=1S/C12H18N2O/c1-3-9-7-14(8-9)10-4-5-11(13)12(6-10)15-2/h4-6,9H,3,7-8,13H2,1-2H3. The Hall–Kier alpha value is -1.38. The van der Waals surface area contributed by atoms with Crippen LogP contribution in [0.15, 0.2) is 18.2 Å². The third-order valence-electron chi connectivity index (χ3n) is 3.12.